The fourth-order valence-corrected chi connectivity index (χ4v) is 15.2. The highest BCUT2D eigenvalue weighted by molar-refractivity contribution is 6.12. The molecule has 0 amide bonds. The molecule has 0 bridgehead atoms. The molecule has 0 unspecified atom stereocenters. The number of aryl methyl sites for hydroxylation is 1. The number of fused-ring (bicyclic) bond motifs is 14. The predicted octanol–water partition coefficient (Wildman–Crippen LogP) is 23.3. The van der Waals surface area contributed by atoms with Crippen LogP contribution in [-0.4, -0.2) is 9.13 Å². The Kier molecular flexibility index (Phi) is 12.3. The summed E-state index contributed by atoms with van der Waals surface area (Å²) in [6, 6.07) is 117. The summed E-state index contributed by atoms with van der Waals surface area (Å²) in [5.41, 5.74) is 29.8. The number of hydrogen-bond acceptors (Lipinski definition) is 0. The number of rotatable bonds is 10. The molecule has 0 saturated carbocycles. The van der Waals surface area contributed by atoms with Crippen molar-refractivity contribution in [1.29, 1.82) is 0 Å². The van der Waals surface area contributed by atoms with E-state index in [4.69, 9.17) is 0 Å². The highest BCUT2D eigenvalue weighted by Crippen LogP contribution is 2.60. The molecule has 2 aromatic heterocycles. The summed E-state index contributed by atoms with van der Waals surface area (Å²) >= 11 is 0. The number of nitrogens with zero attached hydrogens (tertiary/aromatic N) is 2. The van der Waals surface area contributed by atoms with Crippen molar-refractivity contribution in [3.05, 3.63) is 360 Å². The normalized spacial score (nSPS) is 13.2. The van der Waals surface area contributed by atoms with Crippen LogP contribution in [0, 0.1) is 0 Å². The lowest BCUT2D eigenvalue weighted by Crippen LogP contribution is -2.23. The number of para-hydroxylation sites is 4. The first kappa shape index (κ1) is 52.5. The van der Waals surface area contributed by atoms with Crippen molar-refractivity contribution in [3.63, 3.8) is 0 Å². The zero-order chi connectivity index (χ0) is 60.0. The van der Waals surface area contributed by atoms with E-state index in [1.807, 2.05) is 0 Å². The lowest BCUT2D eigenvalue weighted by Gasteiger charge is -2.29. The Morgan fingerprint density at radius 2 is 0.593 bits per heavy atom. The number of aromatic nitrogens is 2. The Bertz CT molecular complexity index is 5280. The molecule has 2 aliphatic rings. The molecule has 426 valence electrons. The van der Waals surface area contributed by atoms with Crippen LogP contribution in [0.2, 0.25) is 0 Å². The molecule has 0 aliphatic heterocycles. The van der Waals surface area contributed by atoms with Crippen LogP contribution in [0.5, 0.6) is 0 Å². The topological polar surface area (TPSA) is 9.86 Å². The van der Waals surface area contributed by atoms with Crippen molar-refractivity contribution in [2.75, 3.05) is 0 Å². The van der Waals surface area contributed by atoms with Gasteiger partial charge in [-0.1, -0.05) is 261 Å². The van der Waals surface area contributed by atoms with Gasteiger partial charge in [0, 0.05) is 38.3 Å². The maximum absolute atomic E-state index is 2.52. The molecule has 14 aromatic carbocycles. The maximum Gasteiger partial charge on any atom is 0.0541 e. The number of benzene rings is 14. The van der Waals surface area contributed by atoms with Gasteiger partial charge in [-0.05, 0) is 203 Å². The molecule has 2 heterocycles. The third-order valence-electron chi connectivity index (χ3n) is 19.7. The molecular weight excluding hydrogens is 1100 g/mol. The van der Waals surface area contributed by atoms with Gasteiger partial charge in [-0.2, -0.15) is 0 Å². The SMILES string of the molecule is C(=C\c1ccc(-c2ccc3c(c2)c2ccccc2n3-c2ccccc2)cc1)/c1ccc(-c2ccc3c(c2)C2(CCc4cc5ccccc5cc42)c2cc(-c4ccc(/C=C/c5ccc(-c6ccc7c(c6)c6ccccc6n7-c6ccccc6)cc5)cc4)ccc2-3)cc1. The van der Waals surface area contributed by atoms with E-state index in [2.05, 4.69) is 349 Å². The molecule has 91 heavy (non-hydrogen) atoms. The average molecular weight is 1160 g/mol. The van der Waals surface area contributed by atoms with Crippen molar-refractivity contribution >= 4 is 78.7 Å². The van der Waals surface area contributed by atoms with Gasteiger partial charge in [0.05, 0.1) is 22.1 Å². The van der Waals surface area contributed by atoms with E-state index >= 15 is 0 Å². The summed E-state index contributed by atoms with van der Waals surface area (Å²) in [7, 11) is 0. The van der Waals surface area contributed by atoms with Crippen molar-refractivity contribution in [2.45, 2.75) is 18.3 Å². The van der Waals surface area contributed by atoms with Gasteiger partial charge in [-0.3, -0.25) is 0 Å². The molecule has 1 spiro atoms. The van der Waals surface area contributed by atoms with Crippen LogP contribution in [0.25, 0.3) is 146 Å². The smallest absolute Gasteiger partial charge is 0.0541 e. The van der Waals surface area contributed by atoms with Gasteiger partial charge in [0.2, 0.25) is 0 Å². The van der Waals surface area contributed by atoms with Gasteiger partial charge in [-0.15, -0.1) is 0 Å². The van der Waals surface area contributed by atoms with Crippen LogP contribution in [0.15, 0.2) is 315 Å². The second-order valence-electron chi connectivity index (χ2n) is 24.8. The molecule has 0 saturated heterocycles. The van der Waals surface area contributed by atoms with Gasteiger partial charge < -0.3 is 9.13 Å². The summed E-state index contributed by atoms with van der Waals surface area (Å²) in [4.78, 5) is 0. The predicted molar refractivity (Wildman–Crippen MR) is 385 cm³/mol. The monoisotopic (exact) mass is 1160 g/mol. The molecular formula is C89H60N2. The van der Waals surface area contributed by atoms with Gasteiger partial charge in [0.1, 0.15) is 0 Å². The van der Waals surface area contributed by atoms with Crippen LogP contribution < -0.4 is 0 Å². The molecule has 16 aromatic rings. The Hall–Kier alpha value is -11.6. The molecule has 2 aliphatic carbocycles. The van der Waals surface area contributed by atoms with Crippen LogP contribution in [0.1, 0.15) is 50.9 Å². The summed E-state index contributed by atoms with van der Waals surface area (Å²) < 4.78 is 4.74. The third kappa shape index (κ3) is 8.85. The van der Waals surface area contributed by atoms with Gasteiger partial charge in [-0.25, -0.2) is 0 Å². The summed E-state index contributed by atoms with van der Waals surface area (Å²) in [6.45, 7) is 0. The van der Waals surface area contributed by atoms with E-state index < -0.39 is 0 Å². The molecule has 2 nitrogen and oxygen atoms in total. The Morgan fingerprint density at radius 3 is 1.02 bits per heavy atom. The van der Waals surface area contributed by atoms with Crippen LogP contribution in [-0.2, 0) is 11.8 Å². The van der Waals surface area contributed by atoms with Crippen molar-refractivity contribution < 1.29 is 0 Å². The number of hydrogen-bond donors (Lipinski definition) is 0. The summed E-state index contributed by atoms with van der Waals surface area (Å²) in [6.07, 6.45) is 11.0. The highest BCUT2D eigenvalue weighted by Gasteiger charge is 2.49. The lowest BCUT2D eigenvalue weighted by atomic mass is 9.72. The minimum absolute atomic E-state index is 0.266. The van der Waals surface area contributed by atoms with Crippen LogP contribution >= 0.6 is 0 Å². The second kappa shape index (κ2) is 21.3. The van der Waals surface area contributed by atoms with Crippen molar-refractivity contribution in [1.82, 2.24) is 9.13 Å². The fraction of sp³-hybridized carbons (Fsp3) is 0.0337. The first-order valence-electron chi connectivity index (χ1n) is 31.8. The molecule has 2 heteroatoms. The maximum atomic E-state index is 2.52. The first-order valence-corrected chi connectivity index (χ1v) is 31.8. The minimum Gasteiger partial charge on any atom is -0.309 e. The van der Waals surface area contributed by atoms with E-state index in [-0.39, 0.29) is 5.41 Å². The van der Waals surface area contributed by atoms with E-state index in [0.717, 1.165) is 12.8 Å². The van der Waals surface area contributed by atoms with Crippen LogP contribution in [0.3, 0.4) is 0 Å². The average Bonchev–Trinajstić information content (AvgIpc) is 1.54. The summed E-state index contributed by atoms with van der Waals surface area (Å²) in [5, 5.41) is 7.66. The Morgan fingerprint density at radius 1 is 0.253 bits per heavy atom. The van der Waals surface area contributed by atoms with E-state index in [9.17, 15) is 0 Å². The van der Waals surface area contributed by atoms with Gasteiger partial charge >= 0.3 is 0 Å². The molecule has 0 radical (unpaired) electrons. The lowest BCUT2D eigenvalue weighted by molar-refractivity contribution is 0.627. The third-order valence-corrected chi connectivity index (χ3v) is 19.7. The first-order chi connectivity index (χ1) is 45.0. The molecule has 18 rings (SSSR count). The largest absolute Gasteiger partial charge is 0.309 e. The molecule has 0 fully saturated rings. The molecule has 0 N–H and O–H groups in total. The highest BCUT2D eigenvalue weighted by atomic mass is 15.0. The van der Waals surface area contributed by atoms with Gasteiger partial charge in [0.15, 0.2) is 0 Å². The zero-order valence-corrected chi connectivity index (χ0v) is 50.1. The van der Waals surface area contributed by atoms with Crippen molar-refractivity contribution in [3.8, 4) is 67.0 Å². The second-order valence-corrected chi connectivity index (χ2v) is 24.8. The van der Waals surface area contributed by atoms with E-state index in [0.29, 0.717) is 0 Å². The van der Waals surface area contributed by atoms with Crippen molar-refractivity contribution in [2.24, 2.45) is 0 Å². The zero-order valence-electron chi connectivity index (χ0n) is 50.1. The van der Waals surface area contributed by atoms with E-state index in [1.165, 1.54) is 166 Å². The fourth-order valence-electron chi connectivity index (χ4n) is 15.2. The Balaban J connectivity index is 0.600. The van der Waals surface area contributed by atoms with Crippen LogP contribution in [0.4, 0.5) is 0 Å². The molecule has 0 atom stereocenters. The summed E-state index contributed by atoms with van der Waals surface area (Å²) in [5.74, 6) is 0. The van der Waals surface area contributed by atoms with E-state index in [1.54, 1.807) is 0 Å². The van der Waals surface area contributed by atoms with Gasteiger partial charge in [0.25, 0.3) is 0 Å². The standard InChI is InChI=1S/C89H60N2/c1-3-15-74(16-4-1)90-85-21-11-9-19-78(85)80-54-69(45-49-87(80)90)63-35-27-59(28-36-63)23-25-61-31-39-65(40-32-61)71-43-47-76-77-48-44-72(58-84(77)89(83(76)57-71)52-51-73-53-67-13-7-8-14-68(67)56-82(73)89)66-41-33-62(34-42-66)26-24-60-29-37-64(38-30-60)70-46-50-88-81(55-70)79-20-10-12-22-86(79)91(88)75-17-5-2-6-18-75/h1-50,53-58H,51-52H2/b25-23+,26-24+. The minimum atomic E-state index is -0.266. The Labute approximate surface area is 529 Å². The quantitative estimate of drug-likeness (QED) is 0.121.